The minimum Gasteiger partial charge on any atom is -0.463 e. The van der Waals surface area contributed by atoms with Crippen LogP contribution < -0.4 is 4.31 Å². The molecule has 0 bridgehead atoms. The Hall–Kier alpha value is -3.05. The van der Waals surface area contributed by atoms with Crippen LogP contribution in [0.15, 0.2) is 60.0 Å². The van der Waals surface area contributed by atoms with Crippen molar-refractivity contribution in [1.29, 1.82) is 0 Å². The van der Waals surface area contributed by atoms with Crippen LogP contribution in [-0.2, 0) is 30.5 Å². The van der Waals surface area contributed by atoms with Crippen LogP contribution >= 0.6 is 11.6 Å². The van der Waals surface area contributed by atoms with E-state index in [4.69, 9.17) is 21.1 Å². The van der Waals surface area contributed by atoms with Gasteiger partial charge >= 0.3 is 18.1 Å². The second kappa shape index (κ2) is 9.44. The first-order chi connectivity index (χ1) is 15.4. The van der Waals surface area contributed by atoms with Crippen LogP contribution in [-0.4, -0.2) is 39.6 Å². The van der Waals surface area contributed by atoms with Gasteiger partial charge in [0, 0.05) is 6.42 Å². The first-order valence-corrected chi connectivity index (χ1v) is 11.2. The summed E-state index contributed by atoms with van der Waals surface area (Å²) >= 11 is 6.08. The molecular weight excluding hydrogens is 487 g/mol. The zero-order valence-electron chi connectivity index (χ0n) is 16.8. The average molecular weight is 504 g/mol. The van der Waals surface area contributed by atoms with Gasteiger partial charge in [-0.15, -0.1) is 6.58 Å². The number of benzene rings is 2. The van der Waals surface area contributed by atoms with Crippen molar-refractivity contribution in [1.82, 2.24) is 0 Å². The summed E-state index contributed by atoms with van der Waals surface area (Å²) in [5, 5.41) is -0.270. The van der Waals surface area contributed by atoms with E-state index in [0.717, 1.165) is 24.3 Å². The minimum absolute atomic E-state index is 0.0878. The van der Waals surface area contributed by atoms with Gasteiger partial charge in [0.15, 0.2) is 0 Å². The topological polar surface area (TPSA) is 90.0 Å². The Morgan fingerprint density at radius 1 is 1.27 bits per heavy atom. The fourth-order valence-corrected chi connectivity index (χ4v) is 4.96. The van der Waals surface area contributed by atoms with Gasteiger partial charge in [-0.2, -0.15) is 13.2 Å². The van der Waals surface area contributed by atoms with Crippen LogP contribution in [0.4, 0.5) is 18.9 Å². The largest absolute Gasteiger partial charge is 0.463 e. The third-order valence-corrected chi connectivity index (χ3v) is 6.90. The second-order valence-electron chi connectivity index (χ2n) is 6.87. The Morgan fingerprint density at radius 3 is 2.61 bits per heavy atom. The summed E-state index contributed by atoms with van der Waals surface area (Å²) < 4.78 is 76.6. The summed E-state index contributed by atoms with van der Waals surface area (Å²) in [4.78, 5) is 23.4. The van der Waals surface area contributed by atoms with Crippen molar-refractivity contribution >= 4 is 39.3 Å². The summed E-state index contributed by atoms with van der Waals surface area (Å²) in [7, 11) is -4.54. The number of alkyl halides is 3. The van der Waals surface area contributed by atoms with E-state index in [1.54, 1.807) is 0 Å². The van der Waals surface area contributed by atoms with Crippen molar-refractivity contribution in [3.05, 3.63) is 71.3 Å². The number of carbonyl (C=O) groups excluding carboxylic acids is 2. The molecule has 1 aliphatic heterocycles. The standard InChI is InChI=1S/C21H17ClF3NO6S/c1-2-9-26(15-5-3-4-14(12-15)21(23,24)25)33(29,30)18-11-13(6-7-16(18)22)19(27)32-17-8-10-31-20(17)28/h2-7,11-12,17H,1,8-10H2/t17-/m0/s1. The summed E-state index contributed by atoms with van der Waals surface area (Å²) in [6.07, 6.45) is -4.46. The van der Waals surface area contributed by atoms with Crippen LogP contribution in [0.5, 0.6) is 0 Å². The third-order valence-electron chi connectivity index (χ3n) is 4.63. The number of sulfonamides is 1. The van der Waals surface area contributed by atoms with Crippen LogP contribution in [0.2, 0.25) is 5.02 Å². The third kappa shape index (κ3) is 5.31. The number of rotatable bonds is 7. The van der Waals surface area contributed by atoms with E-state index in [1.807, 2.05) is 0 Å². The van der Waals surface area contributed by atoms with E-state index in [1.165, 1.54) is 18.2 Å². The van der Waals surface area contributed by atoms with Gasteiger partial charge in [0.1, 0.15) is 4.90 Å². The first kappa shape index (κ1) is 24.6. The van der Waals surface area contributed by atoms with Gasteiger partial charge in [0.05, 0.1) is 35.0 Å². The van der Waals surface area contributed by atoms with E-state index in [0.29, 0.717) is 10.4 Å². The highest BCUT2D eigenvalue weighted by atomic mass is 35.5. The number of esters is 2. The molecule has 0 spiro atoms. The molecule has 0 saturated carbocycles. The molecule has 2 aromatic rings. The molecule has 0 radical (unpaired) electrons. The van der Waals surface area contributed by atoms with Crippen LogP contribution in [0.3, 0.4) is 0 Å². The molecule has 0 aliphatic carbocycles. The molecule has 2 aromatic carbocycles. The molecule has 12 heteroatoms. The Balaban J connectivity index is 2.00. The lowest BCUT2D eigenvalue weighted by atomic mass is 10.2. The highest BCUT2D eigenvalue weighted by Gasteiger charge is 2.34. The van der Waals surface area contributed by atoms with Crippen LogP contribution in [0.1, 0.15) is 22.3 Å². The summed E-state index contributed by atoms with van der Waals surface area (Å²) in [6, 6.07) is 7.01. The molecule has 1 aliphatic rings. The zero-order chi connectivity index (χ0) is 24.4. The Morgan fingerprint density at radius 2 is 2.00 bits per heavy atom. The number of carbonyl (C=O) groups is 2. The molecule has 1 atom stereocenters. The highest BCUT2D eigenvalue weighted by Crippen LogP contribution is 2.34. The maximum Gasteiger partial charge on any atom is 0.416 e. The number of hydrogen-bond acceptors (Lipinski definition) is 6. The van der Waals surface area contributed by atoms with Crippen molar-refractivity contribution in [3.8, 4) is 0 Å². The molecule has 1 fully saturated rings. The fraction of sp³-hybridized carbons (Fsp3) is 0.238. The highest BCUT2D eigenvalue weighted by molar-refractivity contribution is 7.93. The summed E-state index contributed by atoms with van der Waals surface area (Å²) in [5.41, 5.74) is -1.54. The SMILES string of the molecule is C=CCN(c1cccc(C(F)(F)F)c1)S(=O)(=O)c1cc(C(=O)O[C@H]2CCOC2=O)ccc1Cl. The molecule has 0 N–H and O–H groups in total. The molecule has 1 heterocycles. The molecular formula is C21H17ClF3NO6S. The molecule has 0 amide bonds. The van der Waals surface area contributed by atoms with Gasteiger partial charge in [-0.25, -0.2) is 18.0 Å². The fourth-order valence-electron chi connectivity index (χ4n) is 3.03. The maximum absolute atomic E-state index is 13.4. The van der Waals surface area contributed by atoms with Crippen molar-refractivity contribution in [2.45, 2.75) is 23.6 Å². The first-order valence-electron chi connectivity index (χ1n) is 9.43. The van der Waals surface area contributed by atoms with Gasteiger partial charge in [0.25, 0.3) is 10.0 Å². The van der Waals surface area contributed by atoms with Crippen LogP contribution in [0, 0.1) is 0 Å². The molecule has 33 heavy (non-hydrogen) atoms. The number of halogens is 4. The Bertz CT molecular complexity index is 1200. The predicted molar refractivity (Wildman–Crippen MR) is 112 cm³/mol. The molecule has 7 nitrogen and oxygen atoms in total. The van der Waals surface area contributed by atoms with Crippen molar-refractivity contribution in [3.63, 3.8) is 0 Å². The minimum atomic E-state index is -4.69. The number of ether oxygens (including phenoxy) is 2. The number of cyclic esters (lactones) is 1. The summed E-state index contributed by atoms with van der Waals surface area (Å²) in [6.45, 7) is 3.17. The number of anilines is 1. The molecule has 176 valence electrons. The molecule has 3 rings (SSSR count). The number of nitrogens with zero attached hydrogens (tertiary/aromatic N) is 1. The average Bonchev–Trinajstić information content (AvgIpc) is 3.15. The van der Waals surface area contributed by atoms with Crippen LogP contribution in [0.25, 0.3) is 0 Å². The van der Waals surface area contributed by atoms with Gasteiger partial charge in [0.2, 0.25) is 6.10 Å². The number of hydrogen-bond donors (Lipinski definition) is 0. The van der Waals surface area contributed by atoms with Gasteiger partial charge < -0.3 is 9.47 Å². The molecule has 0 unspecified atom stereocenters. The van der Waals surface area contributed by atoms with E-state index in [9.17, 15) is 31.2 Å². The zero-order valence-corrected chi connectivity index (χ0v) is 18.4. The lowest BCUT2D eigenvalue weighted by molar-refractivity contribution is -0.145. The van der Waals surface area contributed by atoms with Crippen molar-refractivity contribution in [2.24, 2.45) is 0 Å². The monoisotopic (exact) mass is 503 g/mol. The van der Waals surface area contributed by atoms with Gasteiger partial charge in [-0.05, 0) is 36.4 Å². The lowest BCUT2D eigenvalue weighted by Gasteiger charge is -2.24. The molecule has 0 aromatic heterocycles. The Labute approximate surface area is 192 Å². The van der Waals surface area contributed by atoms with Crippen molar-refractivity contribution in [2.75, 3.05) is 17.5 Å². The smallest absolute Gasteiger partial charge is 0.416 e. The normalized spacial score (nSPS) is 16.2. The van der Waals surface area contributed by atoms with E-state index < -0.39 is 44.7 Å². The van der Waals surface area contributed by atoms with Gasteiger partial charge in [-0.1, -0.05) is 23.7 Å². The van der Waals surface area contributed by atoms with E-state index in [2.05, 4.69) is 6.58 Å². The van der Waals surface area contributed by atoms with E-state index >= 15 is 0 Å². The van der Waals surface area contributed by atoms with E-state index in [-0.39, 0.29) is 35.8 Å². The van der Waals surface area contributed by atoms with Crippen molar-refractivity contribution < 1.29 is 40.7 Å². The summed E-state index contributed by atoms with van der Waals surface area (Å²) in [5.74, 6) is -1.70. The quantitative estimate of drug-likeness (QED) is 0.415. The molecule has 1 saturated heterocycles. The predicted octanol–water partition coefficient (Wildman–Crippen LogP) is 4.21. The lowest BCUT2D eigenvalue weighted by Crippen LogP contribution is -2.32. The van der Waals surface area contributed by atoms with Gasteiger partial charge in [-0.3, -0.25) is 4.31 Å². The maximum atomic E-state index is 13.4. The second-order valence-corrected chi connectivity index (χ2v) is 9.11. The Kier molecular flexibility index (Phi) is 7.03.